The van der Waals surface area contributed by atoms with E-state index in [1.165, 1.54) is 5.56 Å². The molecule has 84 valence electrons. The summed E-state index contributed by atoms with van der Waals surface area (Å²) >= 11 is 5.28. The number of hydrogen-bond acceptors (Lipinski definition) is 2. The number of aliphatic hydroxyl groups excluding tert-OH is 1. The van der Waals surface area contributed by atoms with Crippen LogP contribution < -0.4 is 0 Å². The number of rotatable bonds is 6. The maximum absolute atomic E-state index is 9.77. The Morgan fingerprint density at radius 1 is 1.33 bits per heavy atom. The van der Waals surface area contributed by atoms with Crippen molar-refractivity contribution in [1.82, 2.24) is 0 Å². The minimum atomic E-state index is -0.203. The fraction of sp³-hybridized carbons (Fsp3) is 0.500. The molecule has 0 saturated heterocycles. The minimum Gasteiger partial charge on any atom is -0.393 e. The maximum atomic E-state index is 9.77. The van der Waals surface area contributed by atoms with Crippen LogP contribution in [0.25, 0.3) is 0 Å². The summed E-state index contributed by atoms with van der Waals surface area (Å²) < 4.78 is 1.09. The molecule has 1 nitrogen and oxygen atoms in total. The summed E-state index contributed by atoms with van der Waals surface area (Å²) in [6, 6.07) is 8.15. The van der Waals surface area contributed by atoms with Crippen molar-refractivity contribution < 1.29 is 5.11 Å². The molecule has 3 heteroatoms. The molecule has 0 bridgehead atoms. The molecule has 0 aromatic heterocycles. The Morgan fingerprint density at radius 2 is 2.00 bits per heavy atom. The molecule has 1 aromatic rings. The van der Waals surface area contributed by atoms with E-state index in [1.54, 1.807) is 0 Å². The molecule has 0 radical (unpaired) electrons. The van der Waals surface area contributed by atoms with Crippen molar-refractivity contribution in [1.29, 1.82) is 0 Å². The normalized spacial score (nSPS) is 12.7. The molecule has 0 amide bonds. The Balaban J connectivity index is 2.31. The summed E-state index contributed by atoms with van der Waals surface area (Å²) in [7, 11) is 0. The topological polar surface area (TPSA) is 20.2 Å². The molecule has 15 heavy (non-hydrogen) atoms. The molecule has 0 aliphatic carbocycles. The highest BCUT2D eigenvalue weighted by Gasteiger charge is 2.04. The highest BCUT2D eigenvalue weighted by Crippen LogP contribution is 2.13. The smallest absolute Gasteiger partial charge is 0.0588 e. The van der Waals surface area contributed by atoms with E-state index in [4.69, 9.17) is 0 Å². The van der Waals surface area contributed by atoms with Crippen molar-refractivity contribution in [2.45, 2.75) is 25.9 Å². The first kappa shape index (κ1) is 13.1. The van der Waals surface area contributed by atoms with E-state index in [1.807, 2.05) is 23.9 Å². The van der Waals surface area contributed by atoms with Crippen LogP contribution in [0.4, 0.5) is 0 Å². The van der Waals surface area contributed by atoms with Gasteiger partial charge in [-0.3, -0.25) is 0 Å². The number of hydrogen-bond donors (Lipinski definition) is 1. The van der Waals surface area contributed by atoms with Gasteiger partial charge in [0.05, 0.1) is 6.10 Å². The zero-order valence-corrected chi connectivity index (χ0v) is 11.4. The van der Waals surface area contributed by atoms with Crippen LogP contribution in [-0.2, 0) is 6.42 Å². The number of benzene rings is 1. The average molecular weight is 289 g/mol. The fourth-order valence-corrected chi connectivity index (χ4v) is 2.35. The van der Waals surface area contributed by atoms with Crippen LogP contribution in [0.15, 0.2) is 28.7 Å². The number of thioether (sulfide) groups is 1. The molecular weight excluding hydrogens is 272 g/mol. The van der Waals surface area contributed by atoms with E-state index in [9.17, 15) is 5.11 Å². The van der Waals surface area contributed by atoms with E-state index in [0.29, 0.717) is 0 Å². The lowest BCUT2D eigenvalue weighted by Gasteiger charge is -2.09. The lowest BCUT2D eigenvalue weighted by molar-refractivity contribution is 0.172. The van der Waals surface area contributed by atoms with Gasteiger partial charge in [-0.25, -0.2) is 0 Å². The first-order valence-electron chi connectivity index (χ1n) is 5.22. The van der Waals surface area contributed by atoms with Gasteiger partial charge in [-0.15, -0.1) is 0 Å². The first-order chi connectivity index (χ1) is 7.22. The molecule has 0 spiro atoms. The highest BCUT2D eigenvalue weighted by atomic mass is 79.9. The van der Waals surface area contributed by atoms with E-state index < -0.39 is 0 Å². The molecular formula is C12H17BrOS. The van der Waals surface area contributed by atoms with Crippen LogP contribution >= 0.6 is 27.7 Å². The molecule has 0 fully saturated rings. The van der Waals surface area contributed by atoms with Gasteiger partial charge in [0.1, 0.15) is 0 Å². The molecule has 1 N–H and O–H groups in total. The third-order valence-corrected chi connectivity index (χ3v) is 3.65. The molecule has 1 unspecified atom stereocenters. The van der Waals surface area contributed by atoms with Gasteiger partial charge in [0.15, 0.2) is 0 Å². The minimum absolute atomic E-state index is 0.203. The van der Waals surface area contributed by atoms with Gasteiger partial charge in [0.2, 0.25) is 0 Å². The van der Waals surface area contributed by atoms with Crippen molar-refractivity contribution in [2.24, 2.45) is 0 Å². The van der Waals surface area contributed by atoms with Crippen LogP contribution in [0.2, 0.25) is 0 Å². The van der Waals surface area contributed by atoms with Gasteiger partial charge >= 0.3 is 0 Å². The fourth-order valence-electron chi connectivity index (χ4n) is 1.36. The summed E-state index contributed by atoms with van der Waals surface area (Å²) in [4.78, 5) is 0. The van der Waals surface area contributed by atoms with Gasteiger partial charge in [-0.2, -0.15) is 11.8 Å². The Morgan fingerprint density at radius 3 is 2.60 bits per heavy atom. The summed E-state index contributed by atoms with van der Waals surface area (Å²) in [5.74, 6) is 2.18. The van der Waals surface area contributed by atoms with Crippen LogP contribution in [0, 0.1) is 0 Å². The summed E-state index contributed by atoms with van der Waals surface area (Å²) in [6.07, 6.45) is 1.44. The second kappa shape index (κ2) is 7.31. The predicted molar refractivity (Wildman–Crippen MR) is 71.5 cm³/mol. The third kappa shape index (κ3) is 5.59. The molecule has 1 rings (SSSR count). The lowest BCUT2D eigenvalue weighted by Crippen LogP contribution is -2.11. The van der Waals surface area contributed by atoms with E-state index in [0.717, 1.165) is 28.8 Å². The van der Waals surface area contributed by atoms with Crippen LogP contribution in [0.3, 0.4) is 0 Å². The first-order valence-corrected chi connectivity index (χ1v) is 7.17. The molecule has 0 aliphatic heterocycles. The Hall–Kier alpha value is 0.01000. The quantitative estimate of drug-likeness (QED) is 0.809. The molecule has 0 saturated carbocycles. The second-order valence-electron chi connectivity index (χ2n) is 3.47. The largest absolute Gasteiger partial charge is 0.393 e. The van der Waals surface area contributed by atoms with Crippen LogP contribution in [0.1, 0.15) is 18.9 Å². The lowest BCUT2D eigenvalue weighted by atomic mass is 10.1. The molecule has 0 heterocycles. The Kier molecular flexibility index (Phi) is 6.37. The SMILES string of the molecule is CCSCCC(O)Cc1ccc(Br)cc1. The van der Waals surface area contributed by atoms with Crippen molar-refractivity contribution in [3.05, 3.63) is 34.3 Å². The average Bonchev–Trinajstić information content (AvgIpc) is 2.22. The monoisotopic (exact) mass is 288 g/mol. The zero-order valence-electron chi connectivity index (χ0n) is 8.95. The van der Waals surface area contributed by atoms with Gasteiger partial charge in [-0.05, 0) is 42.0 Å². The van der Waals surface area contributed by atoms with Gasteiger partial charge < -0.3 is 5.11 Å². The maximum Gasteiger partial charge on any atom is 0.0588 e. The summed E-state index contributed by atoms with van der Waals surface area (Å²) in [6.45, 7) is 2.14. The second-order valence-corrected chi connectivity index (χ2v) is 5.78. The van der Waals surface area contributed by atoms with E-state index in [2.05, 4.69) is 35.0 Å². The predicted octanol–water partition coefficient (Wildman–Crippen LogP) is 3.50. The third-order valence-electron chi connectivity index (χ3n) is 2.18. The summed E-state index contributed by atoms with van der Waals surface area (Å²) in [5.41, 5.74) is 1.20. The van der Waals surface area contributed by atoms with Crippen molar-refractivity contribution in [3.63, 3.8) is 0 Å². The number of halogens is 1. The van der Waals surface area contributed by atoms with Gasteiger partial charge in [-0.1, -0.05) is 35.0 Å². The van der Waals surface area contributed by atoms with Gasteiger partial charge in [0.25, 0.3) is 0 Å². The van der Waals surface area contributed by atoms with Crippen molar-refractivity contribution in [2.75, 3.05) is 11.5 Å². The highest BCUT2D eigenvalue weighted by molar-refractivity contribution is 9.10. The van der Waals surface area contributed by atoms with E-state index in [-0.39, 0.29) is 6.10 Å². The Labute approximate surface area is 104 Å². The van der Waals surface area contributed by atoms with E-state index >= 15 is 0 Å². The standard InChI is InChI=1S/C12H17BrOS/c1-2-15-8-7-12(14)9-10-3-5-11(13)6-4-10/h3-6,12,14H,2,7-9H2,1H3. The molecule has 0 aliphatic rings. The van der Waals surface area contributed by atoms with Crippen molar-refractivity contribution in [3.8, 4) is 0 Å². The summed E-state index contributed by atoms with van der Waals surface area (Å²) in [5, 5.41) is 9.77. The van der Waals surface area contributed by atoms with Crippen LogP contribution in [0.5, 0.6) is 0 Å². The number of aliphatic hydroxyl groups is 1. The Bertz CT molecular complexity index is 273. The molecule has 1 atom stereocenters. The molecule has 1 aromatic carbocycles. The zero-order chi connectivity index (χ0) is 11.1. The van der Waals surface area contributed by atoms with Crippen molar-refractivity contribution >= 4 is 27.7 Å². The van der Waals surface area contributed by atoms with Gasteiger partial charge in [0, 0.05) is 4.47 Å². The van der Waals surface area contributed by atoms with Crippen LogP contribution in [-0.4, -0.2) is 22.7 Å².